The van der Waals surface area contributed by atoms with Gasteiger partial charge >= 0.3 is 5.97 Å². The third-order valence-corrected chi connectivity index (χ3v) is 5.19. The Balaban J connectivity index is 1.43. The Bertz CT molecular complexity index is 680. The van der Waals surface area contributed by atoms with Gasteiger partial charge in [0, 0.05) is 30.5 Å². The summed E-state index contributed by atoms with van der Waals surface area (Å²) in [7, 11) is 2.18. The minimum Gasteiger partial charge on any atom is -0.456 e. The summed E-state index contributed by atoms with van der Waals surface area (Å²) in [6.07, 6.45) is 4.32. The molecule has 4 rings (SSSR count). The Labute approximate surface area is 136 Å². The quantitative estimate of drug-likeness (QED) is 0.810. The maximum Gasteiger partial charge on any atom is 0.374 e. The molecule has 3 atom stereocenters. The second-order valence-electron chi connectivity index (χ2n) is 6.58. The summed E-state index contributed by atoms with van der Waals surface area (Å²) in [5, 5.41) is 0. The highest BCUT2D eigenvalue weighted by atomic mass is 16.6. The normalized spacial score (nSPS) is 27.1. The van der Waals surface area contributed by atoms with E-state index in [-0.39, 0.29) is 17.8 Å². The van der Waals surface area contributed by atoms with Crippen molar-refractivity contribution in [1.82, 2.24) is 4.90 Å². The van der Waals surface area contributed by atoms with Gasteiger partial charge < -0.3 is 14.1 Å². The minimum absolute atomic E-state index is 0.0153. The van der Waals surface area contributed by atoms with Gasteiger partial charge in [-0.3, -0.25) is 0 Å². The van der Waals surface area contributed by atoms with Crippen LogP contribution in [0.15, 0.2) is 46.9 Å². The predicted molar refractivity (Wildman–Crippen MR) is 87.2 cm³/mol. The van der Waals surface area contributed by atoms with Crippen LogP contribution in [0, 0.1) is 0 Å². The van der Waals surface area contributed by atoms with Crippen LogP contribution >= 0.6 is 0 Å². The number of piperidine rings is 1. The summed E-state index contributed by atoms with van der Waals surface area (Å²) in [4.78, 5) is 14.8. The molecule has 0 amide bonds. The molecule has 0 radical (unpaired) electrons. The zero-order chi connectivity index (χ0) is 15.8. The molecule has 4 nitrogen and oxygen atoms in total. The monoisotopic (exact) mass is 311 g/mol. The number of esters is 1. The van der Waals surface area contributed by atoms with E-state index in [4.69, 9.17) is 9.15 Å². The second kappa shape index (κ2) is 5.85. The predicted octanol–water partition coefficient (Wildman–Crippen LogP) is 3.73. The van der Waals surface area contributed by atoms with Crippen LogP contribution in [-0.4, -0.2) is 36.1 Å². The van der Waals surface area contributed by atoms with Crippen LogP contribution in [0.25, 0.3) is 11.3 Å². The Hall–Kier alpha value is -2.07. The van der Waals surface area contributed by atoms with Crippen molar-refractivity contribution in [2.45, 2.75) is 43.9 Å². The van der Waals surface area contributed by atoms with E-state index in [0.29, 0.717) is 17.8 Å². The highest BCUT2D eigenvalue weighted by molar-refractivity contribution is 5.87. The van der Waals surface area contributed by atoms with Gasteiger partial charge in [-0.1, -0.05) is 30.3 Å². The van der Waals surface area contributed by atoms with Crippen molar-refractivity contribution in [2.24, 2.45) is 0 Å². The molecule has 120 valence electrons. The Morgan fingerprint density at radius 2 is 1.78 bits per heavy atom. The van der Waals surface area contributed by atoms with Crippen LogP contribution in [0.2, 0.25) is 0 Å². The summed E-state index contributed by atoms with van der Waals surface area (Å²) in [5.41, 5.74) is 0.962. The number of ether oxygens (including phenoxy) is 1. The number of fused-ring (bicyclic) bond motifs is 2. The molecule has 1 aromatic carbocycles. The van der Waals surface area contributed by atoms with E-state index in [1.54, 1.807) is 6.07 Å². The summed E-state index contributed by atoms with van der Waals surface area (Å²) in [6, 6.07) is 14.4. The third kappa shape index (κ3) is 2.79. The van der Waals surface area contributed by atoms with Crippen molar-refractivity contribution >= 4 is 5.97 Å². The topological polar surface area (TPSA) is 42.7 Å². The van der Waals surface area contributed by atoms with Crippen molar-refractivity contribution in [2.75, 3.05) is 7.05 Å². The average Bonchev–Trinajstić information content (AvgIpc) is 3.12. The molecule has 0 saturated carbocycles. The van der Waals surface area contributed by atoms with Crippen LogP contribution in [0.4, 0.5) is 0 Å². The molecule has 2 aliphatic heterocycles. The fourth-order valence-electron chi connectivity index (χ4n) is 3.87. The molecule has 2 bridgehead atoms. The first-order chi connectivity index (χ1) is 11.2. The number of furan rings is 1. The van der Waals surface area contributed by atoms with Gasteiger partial charge in [-0.25, -0.2) is 4.79 Å². The van der Waals surface area contributed by atoms with E-state index in [0.717, 1.165) is 18.4 Å². The fraction of sp³-hybridized carbons (Fsp3) is 0.421. The van der Waals surface area contributed by atoms with E-state index in [2.05, 4.69) is 11.9 Å². The van der Waals surface area contributed by atoms with E-state index < -0.39 is 0 Å². The van der Waals surface area contributed by atoms with Crippen molar-refractivity contribution in [3.8, 4) is 11.3 Å². The number of carbonyl (C=O) groups excluding carboxylic acids is 1. The number of nitrogens with zero attached hydrogens (tertiary/aromatic N) is 1. The van der Waals surface area contributed by atoms with Gasteiger partial charge in [-0.2, -0.15) is 0 Å². The van der Waals surface area contributed by atoms with Crippen LogP contribution in [-0.2, 0) is 4.74 Å². The van der Waals surface area contributed by atoms with Gasteiger partial charge in [-0.05, 0) is 32.0 Å². The molecular weight excluding hydrogens is 290 g/mol. The molecule has 3 heterocycles. The molecule has 1 unspecified atom stereocenters. The first-order valence-electron chi connectivity index (χ1n) is 8.29. The molecule has 0 aliphatic carbocycles. The van der Waals surface area contributed by atoms with Crippen LogP contribution in [0.5, 0.6) is 0 Å². The van der Waals surface area contributed by atoms with Crippen molar-refractivity contribution in [3.05, 3.63) is 48.2 Å². The second-order valence-corrected chi connectivity index (χ2v) is 6.58. The average molecular weight is 311 g/mol. The Morgan fingerprint density at radius 1 is 1.09 bits per heavy atom. The van der Waals surface area contributed by atoms with E-state index in [9.17, 15) is 4.79 Å². The van der Waals surface area contributed by atoms with E-state index >= 15 is 0 Å². The maximum absolute atomic E-state index is 12.3. The van der Waals surface area contributed by atoms with Gasteiger partial charge in [0.1, 0.15) is 11.9 Å². The molecule has 2 aliphatic rings. The summed E-state index contributed by atoms with van der Waals surface area (Å²) in [6.45, 7) is 0. The SMILES string of the molecule is CN1[C@@H]2CC[C@H]1CC(OC(=O)c1ccc(-c3ccccc3)o1)C2. The molecule has 1 aromatic heterocycles. The van der Waals surface area contributed by atoms with Crippen LogP contribution in [0.3, 0.4) is 0 Å². The number of hydrogen-bond acceptors (Lipinski definition) is 4. The van der Waals surface area contributed by atoms with Crippen molar-refractivity contribution < 1.29 is 13.9 Å². The van der Waals surface area contributed by atoms with Crippen LogP contribution < -0.4 is 0 Å². The number of rotatable bonds is 3. The number of carbonyl (C=O) groups is 1. The lowest BCUT2D eigenvalue weighted by molar-refractivity contribution is -0.00305. The van der Waals surface area contributed by atoms with Crippen molar-refractivity contribution in [1.29, 1.82) is 0 Å². The van der Waals surface area contributed by atoms with Crippen molar-refractivity contribution in [3.63, 3.8) is 0 Å². The molecule has 23 heavy (non-hydrogen) atoms. The van der Waals surface area contributed by atoms with Gasteiger partial charge in [0.05, 0.1) is 0 Å². The number of benzene rings is 1. The van der Waals surface area contributed by atoms with E-state index in [1.807, 2.05) is 36.4 Å². The summed E-state index contributed by atoms with van der Waals surface area (Å²) >= 11 is 0. The first-order valence-corrected chi connectivity index (χ1v) is 8.29. The standard InChI is InChI=1S/C19H21NO3/c1-20-14-7-8-15(20)12-16(11-14)22-19(21)18-10-9-17(23-18)13-5-3-2-4-6-13/h2-6,9-10,14-16H,7-8,11-12H2,1H3/t14-,15+,16?. The van der Waals surface area contributed by atoms with Gasteiger partial charge in [0.2, 0.25) is 5.76 Å². The van der Waals surface area contributed by atoms with Crippen LogP contribution in [0.1, 0.15) is 36.2 Å². The molecule has 0 N–H and O–H groups in total. The summed E-state index contributed by atoms with van der Waals surface area (Å²) < 4.78 is 11.4. The smallest absolute Gasteiger partial charge is 0.374 e. The molecule has 2 fully saturated rings. The van der Waals surface area contributed by atoms with Gasteiger partial charge in [0.15, 0.2) is 0 Å². The zero-order valence-corrected chi connectivity index (χ0v) is 13.3. The largest absolute Gasteiger partial charge is 0.456 e. The van der Waals surface area contributed by atoms with Gasteiger partial charge in [-0.15, -0.1) is 0 Å². The lowest BCUT2D eigenvalue weighted by Gasteiger charge is -2.35. The van der Waals surface area contributed by atoms with Gasteiger partial charge in [0.25, 0.3) is 0 Å². The summed E-state index contributed by atoms with van der Waals surface area (Å²) in [5.74, 6) is 0.636. The first kappa shape index (κ1) is 14.5. The highest BCUT2D eigenvalue weighted by Gasteiger charge is 2.40. The number of hydrogen-bond donors (Lipinski definition) is 0. The Kier molecular flexibility index (Phi) is 3.69. The lowest BCUT2D eigenvalue weighted by Crippen LogP contribution is -2.43. The third-order valence-electron chi connectivity index (χ3n) is 5.19. The fourth-order valence-corrected chi connectivity index (χ4v) is 3.87. The lowest BCUT2D eigenvalue weighted by atomic mass is 10.0. The molecular formula is C19H21NO3. The molecule has 2 saturated heterocycles. The molecule has 2 aromatic rings. The zero-order valence-electron chi connectivity index (χ0n) is 13.3. The maximum atomic E-state index is 12.3. The highest BCUT2D eigenvalue weighted by Crippen LogP contribution is 2.35. The molecule has 4 heteroatoms. The minimum atomic E-state index is -0.346. The Morgan fingerprint density at radius 3 is 2.48 bits per heavy atom. The van der Waals surface area contributed by atoms with E-state index in [1.165, 1.54) is 12.8 Å². The molecule has 0 spiro atoms.